The van der Waals surface area contributed by atoms with Gasteiger partial charge in [-0.3, -0.25) is 9.59 Å². The van der Waals surface area contributed by atoms with Crippen LogP contribution in [0.3, 0.4) is 0 Å². The summed E-state index contributed by atoms with van der Waals surface area (Å²) < 4.78 is 25.8. The van der Waals surface area contributed by atoms with Crippen LogP contribution in [0.25, 0.3) is 0 Å². The molecule has 0 radical (unpaired) electrons. The number of amides is 2. The van der Waals surface area contributed by atoms with Gasteiger partial charge in [0.15, 0.2) is 9.84 Å². The first-order chi connectivity index (χ1) is 13.2. The highest BCUT2D eigenvalue weighted by Crippen LogP contribution is 2.34. The lowest BCUT2D eigenvalue weighted by Crippen LogP contribution is -2.25. The Morgan fingerprint density at radius 1 is 1.32 bits per heavy atom. The highest BCUT2D eigenvalue weighted by Gasteiger charge is 2.27. The Morgan fingerprint density at radius 2 is 2.07 bits per heavy atom. The summed E-state index contributed by atoms with van der Waals surface area (Å²) in [5.41, 5.74) is 1.88. The van der Waals surface area contributed by atoms with Crippen molar-refractivity contribution in [2.45, 2.75) is 35.3 Å². The fourth-order valence-electron chi connectivity index (χ4n) is 2.78. The van der Waals surface area contributed by atoms with E-state index in [4.69, 9.17) is 11.6 Å². The molecule has 1 aliphatic heterocycles. The van der Waals surface area contributed by atoms with E-state index in [1.165, 1.54) is 24.8 Å². The zero-order valence-corrected chi connectivity index (χ0v) is 17.7. The van der Waals surface area contributed by atoms with E-state index >= 15 is 0 Å². The number of carbonyl (C=O) groups excluding carboxylic acids is 2. The van der Waals surface area contributed by atoms with Gasteiger partial charge < -0.3 is 10.6 Å². The molecule has 3 rings (SSSR count). The summed E-state index contributed by atoms with van der Waals surface area (Å²) in [5.74, 6) is -0.275. The van der Waals surface area contributed by atoms with Crippen molar-refractivity contribution >= 4 is 56.4 Å². The van der Waals surface area contributed by atoms with Crippen LogP contribution in [0, 0.1) is 6.92 Å². The minimum absolute atomic E-state index is 0.116. The predicted octanol–water partition coefficient (Wildman–Crippen LogP) is 3.88. The second-order valence-electron chi connectivity index (χ2n) is 6.52. The van der Waals surface area contributed by atoms with E-state index < -0.39 is 21.0 Å². The monoisotopic (exact) mass is 438 g/mol. The number of fused-ring (bicyclic) bond motifs is 1. The summed E-state index contributed by atoms with van der Waals surface area (Å²) >= 11 is 7.34. The lowest BCUT2D eigenvalue weighted by molar-refractivity contribution is -0.116. The van der Waals surface area contributed by atoms with Gasteiger partial charge in [-0.25, -0.2) is 8.42 Å². The van der Waals surface area contributed by atoms with Crippen LogP contribution in [0.4, 0.5) is 11.4 Å². The van der Waals surface area contributed by atoms with Crippen LogP contribution >= 0.6 is 23.4 Å². The topological polar surface area (TPSA) is 92.3 Å². The smallest absolute Gasteiger partial charge is 0.234 e. The maximum atomic E-state index is 12.9. The molecule has 0 saturated carbocycles. The number of hydrogen-bond acceptors (Lipinski definition) is 5. The zero-order chi connectivity index (χ0) is 20.5. The van der Waals surface area contributed by atoms with Crippen LogP contribution in [0.15, 0.2) is 46.2 Å². The maximum absolute atomic E-state index is 12.9. The lowest BCUT2D eigenvalue weighted by atomic mass is 10.2. The van der Waals surface area contributed by atoms with Gasteiger partial charge >= 0.3 is 0 Å². The molecule has 0 aliphatic carbocycles. The average molecular weight is 439 g/mol. The van der Waals surface area contributed by atoms with Gasteiger partial charge in [-0.15, -0.1) is 11.8 Å². The molecule has 2 aromatic carbocycles. The summed E-state index contributed by atoms with van der Waals surface area (Å²) in [4.78, 5) is 24.6. The molecule has 0 fully saturated rings. The van der Waals surface area contributed by atoms with Gasteiger partial charge in [0.1, 0.15) is 0 Å². The van der Waals surface area contributed by atoms with Gasteiger partial charge in [0, 0.05) is 22.0 Å². The summed E-state index contributed by atoms with van der Waals surface area (Å²) in [6.45, 7) is 3.29. The predicted molar refractivity (Wildman–Crippen MR) is 112 cm³/mol. The number of sulfone groups is 1. The highest BCUT2D eigenvalue weighted by molar-refractivity contribution is 8.00. The Hall–Kier alpha value is -2.03. The molecule has 0 aromatic heterocycles. The first kappa shape index (κ1) is 20.7. The number of hydrogen-bond donors (Lipinski definition) is 2. The fraction of sp³-hybridized carbons (Fsp3) is 0.263. The zero-order valence-electron chi connectivity index (χ0n) is 15.3. The first-order valence-corrected chi connectivity index (χ1v) is 11.4. The molecule has 28 heavy (non-hydrogen) atoms. The van der Waals surface area contributed by atoms with Crippen molar-refractivity contribution in [1.29, 1.82) is 0 Å². The van der Waals surface area contributed by atoms with E-state index in [0.29, 0.717) is 21.3 Å². The van der Waals surface area contributed by atoms with E-state index in [2.05, 4.69) is 10.6 Å². The molecule has 1 heterocycles. The Kier molecular flexibility index (Phi) is 6.02. The molecule has 6 nitrogen and oxygen atoms in total. The van der Waals surface area contributed by atoms with Crippen LogP contribution in [-0.4, -0.2) is 31.2 Å². The van der Waals surface area contributed by atoms with Crippen LogP contribution in [0.1, 0.15) is 18.9 Å². The molecule has 1 aliphatic rings. The summed E-state index contributed by atoms with van der Waals surface area (Å²) in [5, 5.41) is 5.04. The first-order valence-electron chi connectivity index (χ1n) is 8.54. The van der Waals surface area contributed by atoms with Crippen molar-refractivity contribution in [2.75, 3.05) is 16.4 Å². The number of halogens is 1. The average Bonchev–Trinajstić information content (AvgIpc) is 2.64. The molecular formula is C19H19ClN2O4S2. The molecule has 2 aromatic rings. The Labute approximate surface area is 173 Å². The van der Waals surface area contributed by atoms with Crippen molar-refractivity contribution in [3.05, 3.63) is 47.0 Å². The quantitative estimate of drug-likeness (QED) is 0.738. The van der Waals surface area contributed by atoms with Crippen LogP contribution < -0.4 is 10.6 Å². The number of rotatable bonds is 5. The standard InChI is InChI=1S/C19H19ClN2O4S2/c1-11(8-18(23)21-15-5-3-4-14(20)12(15)2)28(25,26)13-6-7-16-17(9-13)27-10-19(24)22-16/h3-7,9,11H,8,10H2,1-2H3,(H,21,23)(H,22,24). The normalized spacial score (nSPS) is 14.8. The number of nitrogens with one attached hydrogen (secondary N) is 2. The van der Waals surface area contributed by atoms with Gasteiger partial charge in [0.25, 0.3) is 0 Å². The lowest BCUT2D eigenvalue weighted by Gasteiger charge is -2.19. The molecule has 9 heteroatoms. The summed E-state index contributed by atoms with van der Waals surface area (Å²) in [6.07, 6.45) is -0.185. The van der Waals surface area contributed by atoms with Gasteiger partial charge in [0.2, 0.25) is 11.8 Å². The number of carbonyl (C=O) groups is 2. The largest absolute Gasteiger partial charge is 0.326 e. The fourth-order valence-corrected chi connectivity index (χ4v) is 5.25. The molecule has 2 amide bonds. The van der Waals surface area contributed by atoms with E-state index in [0.717, 1.165) is 5.56 Å². The van der Waals surface area contributed by atoms with Crippen LogP contribution in [0.2, 0.25) is 5.02 Å². The molecule has 1 atom stereocenters. The van der Waals surface area contributed by atoms with Gasteiger partial charge in [-0.2, -0.15) is 0 Å². The van der Waals surface area contributed by atoms with Crippen molar-refractivity contribution in [2.24, 2.45) is 0 Å². The minimum Gasteiger partial charge on any atom is -0.326 e. The van der Waals surface area contributed by atoms with E-state index in [1.54, 1.807) is 37.3 Å². The molecule has 0 bridgehead atoms. The third kappa shape index (κ3) is 4.34. The van der Waals surface area contributed by atoms with E-state index in [9.17, 15) is 18.0 Å². The number of benzene rings is 2. The van der Waals surface area contributed by atoms with Crippen molar-refractivity contribution in [3.63, 3.8) is 0 Å². The van der Waals surface area contributed by atoms with Gasteiger partial charge in [-0.1, -0.05) is 17.7 Å². The Bertz CT molecular complexity index is 1050. The molecule has 1 unspecified atom stereocenters. The number of thioether (sulfide) groups is 1. The van der Waals surface area contributed by atoms with Crippen molar-refractivity contribution < 1.29 is 18.0 Å². The van der Waals surface area contributed by atoms with Crippen LogP contribution in [-0.2, 0) is 19.4 Å². The third-order valence-electron chi connectivity index (χ3n) is 4.46. The summed E-state index contributed by atoms with van der Waals surface area (Å²) in [6, 6.07) is 9.73. The molecule has 0 saturated heterocycles. The summed E-state index contributed by atoms with van der Waals surface area (Å²) in [7, 11) is -3.70. The van der Waals surface area contributed by atoms with Crippen LogP contribution in [0.5, 0.6) is 0 Å². The highest BCUT2D eigenvalue weighted by atomic mass is 35.5. The van der Waals surface area contributed by atoms with Crippen molar-refractivity contribution in [3.8, 4) is 0 Å². The maximum Gasteiger partial charge on any atom is 0.234 e. The Morgan fingerprint density at radius 3 is 2.82 bits per heavy atom. The number of anilines is 2. The molecular weight excluding hydrogens is 420 g/mol. The van der Waals surface area contributed by atoms with Gasteiger partial charge in [-0.05, 0) is 49.7 Å². The Balaban J connectivity index is 1.74. The minimum atomic E-state index is -3.70. The second kappa shape index (κ2) is 8.14. The van der Waals surface area contributed by atoms with E-state index in [-0.39, 0.29) is 23.0 Å². The molecule has 148 valence electrons. The van der Waals surface area contributed by atoms with Gasteiger partial charge in [0.05, 0.1) is 21.6 Å². The molecule has 2 N–H and O–H groups in total. The van der Waals surface area contributed by atoms with E-state index in [1.807, 2.05) is 0 Å². The van der Waals surface area contributed by atoms with Crippen molar-refractivity contribution in [1.82, 2.24) is 0 Å². The third-order valence-corrected chi connectivity index (χ3v) is 8.06. The SMILES string of the molecule is Cc1c(Cl)cccc1NC(=O)CC(C)S(=O)(=O)c1ccc2c(c1)SCC(=O)N2. The molecule has 0 spiro atoms. The second-order valence-corrected chi connectivity index (χ2v) is 10.3.